The van der Waals surface area contributed by atoms with Gasteiger partial charge in [-0.05, 0) is 50.1 Å². The second kappa shape index (κ2) is 9.03. The van der Waals surface area contributed by atoms with Crippen LogP contribution in [-0.4, -0.2) is 32.4 Å². The van der Waals surface area contributed by atoms with E-state index in [1.807, 2.05) is 37.3 Å². The van der Waals surface area contributed by atoms with Gasteiger partial charge in [-0.15, -0.1) is 0 Å². The Hall–Kier alpha value is -2.64. The predicted octanol–water partition coefficient (Wildman–Crippen LogP) is 3.21. The van der Waals surface area contributed by atoms with Crippen LogP contribution in [0.25, 0.3) is 10.9 Å². The van der Waals surface area contributed by atoms with Crippen molar-refractivity contribution in [3.8, 4) is 0 Å². The molecule has 1 heterocycles. The number of carbonyl (C=O) groups excluding carboxylic acids is 1. The monoisotopic (exact) mass is 397 g/mol. The molecule has 146 valence electrons. The molecule has 0 fully saturated rings. The van der Waals surface area contributed by atoms with E-state index in [0.717, 1.165) is 11.3 Å². The van der Waals surface area contributed by atoms with Gasteiger partial charge in [-0.3, -0.25) is 14.2 Å². The molecule has 0 aliphatic heterocycles. The number of aromatic nitrogens is 2. The first kappa shape index (κ1) is 20.1. The van der Waals surface area contributed by atoms with Gasteiger partial charge in [0.1, 0.15) is 0 Å². The minimum Gasteiger partial charge on any atom is -0.396 e. The Kier molecular flexibility index (Phi) is 6.49. The molecular weight excluding hydrogens is 374 g/mol. The second-order valence-corrected chi connectivity index (χ2v) is 7.87. The number of anilines is 1. The van der Waals surface area contributed by atoms with Crippen LogP contribution in [0.1, 0.15) is 18.9 Å². The summed E-state index contributed by atoms with van der Waals surface area (Å²) in [7, 11) is 0. The van der Waals surface area contributed by atoms with Gasteiger partial charge in [0.2, 0.25) is 5.91 Å². The van der Waals surface area contributed by atoms with E-state index < -0.39 is 5.25 Å². The van der Waals surface area contributed by atoms with E-state index in [9.17, 15) is 14.7 Å². The summed E-state index contributed by atoms with van der Waals surface area (Å²) in [4.78, 5) is 30.1. The standard InChI is InChI=1S/C21H23N3O3S/c1-14-7-5-8-16(13-14)22-19(26)15(2)28-21-23-18-10-4-3-9-17(18)20(27)24(21)11-6-12-25/h3-5,7-10,13,15,25H,6,11-12H2,1-2H3,(H,22,26). The number of aliphatic hydroxyl groups is 1. The molecule has 1 unspecified atom stereocenters. The number of nitrogens with zero attached hydrogens (tertiary/aromatic N) is 2. The number of hydrogen-bond donors (Lipinski definition) is 2. The lowest BCUT2D eigenvalue weighted by atomic mass is 10.2. The molecular formula is C21H23N3O3S. The van der Waals surface area contributed by atoms with Crippen molar-refractivity contribution < 1.29 is 9.90 Å². The molecule has 6 nitrogen and oxygen atoms in total. The largest absolute Gasteiger partial charge is 0.396 e. The Labute approximate surface area is 167 Å². The maximum atomic E-state index is 12.9. The van der Waals surface area contributed by atoms with E-state index in [0.29, 0.717) is 29.0 Å². The zero-order valence-electron chi connectivity index (χ0n) is 15.9. The van der Waals surface area contributed by atoms with Crippen molar-refractivity contribution >= 4 is 34.3 Å². The predicted molar refractivity (Wildman–Crippen MR) is 113 cm³/mol. The number of nitrogens with one attached hydrogen (secondary N) is 1. The molecule has 0 saturated carbocycles. The maximum absolute atomic E-state index is 12.9. The van der Waals surface area contributed by atoms with Gasteiger partial charge in [-0.25, -0.2) is 4.98 Å². The van der Waals surface area contributed by atoms with Gasteiger partial charge in [0.05, 0.1) is 16.2 Å². The van der Waals surface area contributed by atoms with Crippen molar-refractivity contribution in [2.24, 2.45) is 0 Å². The van der Waals surface area contributed by atoms with Gasteiger partial charge < -0.3 is 10.4 Å². The molecule has 3 rings (SSSR count). The summed E-state index contributed by atoms with van der Waals surface area (Å²) in [6.45, 7) is 4.08. The van der Waals surface area contributed by atoms with Crippen molar-refractivity contribution in [3.63, 3.8) is 0 Å². The molecule has 2 N–H and O–H groups in total. The van der Waals surface area contributed by atoms with Crippen LogP contribution in [0.3, 0.4) is 0 Å². The van der Waals surface area contributed by atoms with Crippen LogP contribution in [0.15, 0.2) is 58.5 Å². The summed E-state index contributed by atoms with van der Waals surface area (Å²) in [5, 5.41) is 12.6. The van der Waals surface area contributed by atoms with Crippen LogP contribution in [0.2, 0.25) is 0 Å². The summed E-state index contributed by atoms with van der Waals surface area (Å²) < 4.78 is 1.54. The smallest absolute Gasteiger partial charge is 0.262 e. The van der Waals surface area contributed by atoms with E-state index in [4.69, 9.17) is 0 Å². The van der Waals surface area contributed by atoms with Gasteiger partial charge in [0.25, 0.3) is 5.56 Å². The average molecular weight is 398 g/mol. The molecule has 0 spiro atoms. The third kappa shape index (κ3) is 4.61. The molecule has 3 aromatic rings. The van der Waals surface area contributed by atoms with Gasteiger partial charge in [0.15, 0.2) is 5.16 Å². The van der Waals surface area contributed by atoms with E-state index in [2.05, 4.69) is 10.3 Å². The van der Waals surface area contributed by atoms with E-state index in [1.54, 1.807) is 29.7 Å². The zero-order chi connectivity index (χ0) is 20.1. The van der Waals surface area contributed by atoms with Gasteiger partial charge >= 0.3 is 0 Å². The fourth-order valence-corrected chi connectivity index (χ4v) is 3.78. The summed E-state index contributed by atoms with van der Waals surface area (Å²) in [6, 6.07) is 14.8. The molecule has 1 amide bonds. The first-order chi connectivity index (χ1) is 13.5. The first-order valence-corrected chi connectivity index (χ1v) is 10.0. The number of thioether (sulfide) groups is 1. The van der Waals surface area contributed by atoms with E-state index >= 15 is 0 Å². The quantitative estimate of drug-likeness (QED) is 0.472. The second-order valence-electron chi connectivity index (χ2n) is 6.56. The zero-order valence-corrected chi connectivity index (χ0v) is 16.7. The highest BCUT2D eigenvalue weighted by atomic mass is 32.2. The number of aliphatic hydroxyl groups excluding tert-OH is 1. The highest BCUT2D eigenvalue weighted by Gasteiger charge is 2.19. The molecule has 0 bridgehead atoms. The number of aryl methyl sites for hydroxylation is 1. The fraction of sp³-hybridized carbons (Fsp3) is 0.286. The van der Waals surface area contributed by atoms with Crippen molar-refractivity contribution in [1.29, 1.82) is 0 Å². The van der Waals surface area contributed by atoms with E-state index in [-0.39, 0.29) is 18.1 Å². The Morgan fingerprint density at radius 1 is 1.25 bits per heavy atom. The maximum Gasteiger partial charge on any atom is 0.262 e. The fourth-order valence-electron chi connectivity index (χ4n) is 2.84. The Morgan fingerprint density at radius 2 is 2.04 bits per heavy atom. The van der Waals surface area contributed by atoms with Crippen molar-refractivity contribution in [3.05, 3.63) is 64.4 Å². The van der Waals surface area contributed by atoms with Crippen LogP contribution in [0.5, 0.6) is 0 Å². The number of hydrogen-bond acceptors (Lipinski definition) is 5. The molecule has 28 heavy (non-hydrogen) atoms. The molecule has 2 aromatic carbocycles. The SMILES string of the molecule is Cc1cccc(NC(=O)C(C)Sc2nc3ccccc3c(=O)n2CCCO)c1. The Morgan fingerprint density at radius 3 is 2.79 bits per heavy atom. The Bertz CT molecular complexity index is 1050. The Balaban J connectivity index is 1.87. The van der Waals surface area contributed by atoms with Crippen LogP contribution >= 0.6 is 11.8 Å². The van der Waals surface area contributed by atoms with Crippen molar-refractivity contribution in [2.45, 2.75) is 37.2 Å². The normalized spacial score (nSPS) is 12.1. The van der Waals surface area contributed by atoms with Gasteiger partial charge in [0, 0.05) is 18.8 Å². The van der Waals surface area contributed by atoms with Crippen molar-refractivity contribution in [2.75, 3.05) is 11.9 Å². The lowest BCUT2D eigenvalue weighted by Crippen LogP contribution is -2.27. The lowest BCUT2D eigenvalue weighted by molar-refractivity contribution is -0.115. The number of rotatable bonds is 7. The number of amides is 1. The summed E-state index contributed by atoms with van der Waals surface area (Å²) >= 11 is 1.24. The summed E-state index contributed by atoms with van der Waals surface area (Å²) in [5.41, 5.74) is 2.24. The highest BCUT2D eigenvalue weighted by Crippen LogP contribution is 2.24. The highest BCUT2D eigenvalue weighted by molar-refractivity contribution is 8.00. The number of para-hydroxylation sites is 1. The lowest BCUT2D eigenvalue weighted by Gasteiger charge is -2.16. The topological polar surface area (TPSA) is 84.2 Å². The third-order valence-corrected chi connectivity index (χ3v) is 5.39. The van der Waals surface area contributed by atoms with Crippen LogP contribution in [0.4, 0.5) is 5.69 Å². The van der Waals surface area contributed by atoms with Crippen LogP contribution < -0.4 is 10.9 Å². The number of fused-ring (bicyclic) bond motifs is 1. The van der Waals surface area contributed by atoms with Crippen LogP contribution in [0, 0.1) is 6.92 Å². The first-order valence-electron chi connectivity index (χ1n) is 9.14. The molecule has 0 aliphatic rings. The molecule has 0 aliphatic carbocycles. The number of benzene rings is 2. The average Bonchev–Trinajstić information content (AvgIpc) is 2.68. The molecule has 0 radical (unpaired) electrons. The molecule has 7 heteroatoms. The van der Waals surface area contributed by atoms with Crippen LogP contribution in [-0.2, 0) is 11.3 Å². The van der Waals surface area contributed by atoms with E-state index in [1.165, 1.54) is 11.8 Å². The summed E-state index contributed by atoms with van der Waals surface area (Å²) in [5.74, 6) is -0.160. The summed E-state index contributed by atoms with van der Waals surface area (Å²) in [6.07, 6.45) is 0.442. The number of carbonyl (C=O) groups is 1. The minimum atomic E-state index is -0.450. The van der Waals surface area contributed by atoms with Crippen molar-refractivity contribution in [1.82, 2.24) is 9.55 Å². The van der Waals surface area contributed by atoms with Gasteiger partial charge in [-0.2, -0.15) is 0 Å². The molecule has 1 atom stereocenters. The minimum absolute atomic E-state index is 0.0211. The molecule has 0 saturated heterocycles. The third-order valence-electron chi connectivity index (χ3n) is 4.30. The molecule has 1 aromatic heterocycles. The van der Waals surface area contributed by atoms with Gasteiger partial charge in [-0.1, -0.05) is 36.0 Å².